The van der Waals surface area contributed by atoms with Crippen molar-refractivity contribution in [3.63, 3.8) is 0 Å². The van der Waals surface area contributed by atoms with Crippen molar-refractivity contribution in [2.45, 2.75) is 32.4 Å². The van der Waals surface area contributed by atoms with Gasteiger partial charge in [0, 0.05) is 18.1 Å². The SMILES string of the molecule is Cc1nc(CN2CCCC2c2ccn[nH]2)cs1. The van der Waals surface area contributed by atoms with Crippen LogP contribution in [-0.4, -0.2) is 26.6 Å². The van der Waals surface area contributed by atoms with Crippen LogP contribution >= 0.6 is 11.3 Å². The number of hydrogen-bond acceptors (Lipinski definition) is 4. The zero-order chi connectivity index (χ0) is 11.7. The van der Waals surface area contributed by atoms with E-state index in [0.717, 1.165) is 18.1 Å². The van der Waals surface area contributed by atoms with Gasteiger partial charge in [-0.3, -0.25) is 10.00 Å². The lowest BCUT2D eigenvalue weighted by Crippen LogP contribution is -2.23. The molecule has 1 unspecified atom stereocenters. The molecule has 90 valence electrons. The first-order chi connectivity index (χ1) is 8.33. The van der Waals surface area contributed by atoms with Crippen LogP contribution in [0, 0.1) is 6.92 Å². The molecule has 0 aromatic carbocycles. The molecule has 5 heteroatoms. The predicted molar refractivity (Wildman–Crippen MR) is 67.8 cm³/mol. The van der Waals surface area contributed by atoms with Crippen LogP contribution in [0.2, 0.25) is 0 Å². The number of nitrogens with one attached hydrogen (secondary N) is 1. The van der Waals surface area contributed by atoms with Gasteiger partial charge in [-0.2, -0.15) is 5.10 Å². The number of nitrogens with zero attached hydrogens (tertiary/aromatic N) is 3. The third-order valence-corrected chi connectivity index (χ3v) is 4.10. The van der Waals surface area contributed by atoms with Gasteiger partial charge in [0.25, 0.3) is 0 Å². The molecule has 0 radical (unpaired) electrons. The molecule has 0 amide bonds. The van der Waals surface area contributed by atoms with E-state index in [1.807, 2.05) is 6.20 Å². The fourth-order valence-electron chi connectivity index (χ4n) is 2.51. The number of hydrogen-bond donors (Lipinski definition) is 1. The molecule has 0 aliphatic carbocycles. The van der Waals surface area contributed by atoms with Crippen LogP contribution in [0.5, 0.6) is 0 Å². The summed E-state index contributed by atoms with van der Waals surface area (Å²) in [5.41, 5.74) is 2.42. The Balaban J connectivity index is 1.74. The summed E-state index contributed by atoms with van der Waals surface area (Å²) < 4.78 is 0. The lowest BCUT2D eigenvalue weighted by Gasteiger charge is -2.22. The van der Waals surface area contributed by atoms with E-state index in [2.05, 4.69) is 38.5 Å². The quantitative estimate of drug-likeness (QED) is 0.907. The third-order valence-electron chi connectivity index (χ3n) is 3.28. The van der Waals surface area contributed by atoms with Gasteiger partial charge >= 0.3 is 0 Å². The van der Waals surface area contributed by atoms with E-state index in [4.69, 9.17) is 0 Å². The molecule has 1 aliphatic heterocycles. The number of likely N-dealkylation sites (tertiary alicyclic amines) is 1. The van der Waals surface area contributed by atoms with Gasteiger partial charge in [-0.1, -0.05) is 0 Å². The minimum absolute atomic E-state index is 0.486. The second-order valence-corrected chi connectivity index (χ2v) is 5.56. The van der Waals surface area contributed by atoms with Crippen molar-refractivity contribution >= 4 is 11.3 Å². The lowest BCUT2D eigenvalue weighted by atomic mass is 10.1. The highest BCUT2D eigenvalue weighted by molar-refractivity contribution is 7.09. The average Bonchev–Trinajstić information content (AvgIpc) is 3.00. The highest BCUT2D eigenvalue weighted by atomic mass is 32.1. The molecule has 2 aromatic heterocycles. The van der Waals surface area contributed by atoms with Crippen molar-refractivity contribution in [2.24, 2.45) is 0 Å². The summed E-state index contributed by atoms with van der Waals surface area (Å²) in [7, 11) is 0. The van der Waals surface area contributed by atoms with Crippen molar-refractivity contribution in [3.05, 3.63) is 34.0 Å². The van der Waals surface area contributed by atoms with Gasteiger partial charge in [0.05, 0.1) is 22.4 Å². The number of aromatic amines is 1. The van der Waals surface area contributed by atoms with E-state index in [1.54, 1.807) is 11.3 Å². The van der Waals surface area contributed by atoms with Crippen LogP contribution in [0.1, 0.15) is 35.3 Å². The molecule has 0 saturated carbocycles. The second-order valence-electron chi connectivity index (χ2n) is 4.50. The maximum absolute atomic E-state index is 4.54. The van der Waals surface area contributed by atoms with Crippen molar-refractivity contribution in [1.82, 2.24) is 20.1 Å². The zero-order valence-corrected chi connectivity index (χ0v) is 10.7. The summed E-state index contributed by atoms with van der Waals surface area (Å²) in [4.78, 5) is 7.03. The maximum atomic E-state index is 4.54. The first-order valence-electron chi connectivity index (χ1n) is 5.97. The summed E-state index contributed by atoms with van der Waals surface area (Å²) in [5.74, 6) is 0. The Labute approximate surface area is 105 Å². The average molecular weight is 248 g/mol. The monoisotopic (exact) mass is 248 g/mol. The Morgan fingerprint density at radius 1 is 1.59 bits per heavy atom. The molecule has 1 saturated heterocycles. The molecule has 17 heavy (non-hydrogen) atoms. The molecule has 1 atom stereocenters. The van der Waals surface area contributed by atoms with E-state index >= 15 is 0 Å². The van der Waals surface area contributed by atoms with Gasteiger partial charge < -0.3 is 0 Å². The molecule has 0 bridgehead atoms. The smallest absolute Gasteiger partial charge is 0.0897 e. The third kappa shape index (κ3) is 2.25. The Morgan fingerprint density at radius 3 is 3.24 bits per heavy atom. The summed E-state index contributed by atoms with van der Waals surface area (Å²) in [6, 6.07) is 2.56. The molecule has 1 aliphatic rings. The van der Waals surface area contributed by atoms with Crippen LogP contribution in [0.25, 0.3) is 0 Å². The fraction of sp³-hybridized carbons (Fsp3) is 0.500. The molecule has 3 rings (SSSR count). The minimum atomic E-state index is 0.486. The molecule has 4 nitrogen and oxygen atoms in total. The number of rotatable bonds is 3. The van der Waals surface area contributed by atoms with Crippen LogP contribution in [0.15, 0.2) is 17.6 Å². The summed E-state index contributed by atoms with van der Waals surface area (Å²) >= 11 is 1.73. The highest BCUT2D eigenvalue weighted by Crippen LogP contribution is 2.31. The standard InChI is InChI=1S/C12H16N4S/c1-9-14-10(8-17-9)7-16-6-2-3-12(16)11-4-5-13-15-11/h4-5,8,12H,2-3,6-7H2,1H3,(H,13,15). The maximum Gasteiger partial charge on any atom is 0.0897 e. The minimum Gasteiger partial charge on any atom is -0.289 e. The molecular formula is C12H16N4S. The largest absolute Gasteiger partial charge is 0.289 e. The summed E-state index contributed by atoms with van der Waals surface area (Å²) in [5, 5.41) is 10.5. The summed E-state index contributed by atoms with van der Waals surface area (Å²) in [6.07, 6.45) is 4.30. The van der Waals surface area contributed by atoms with E-state index in [1.165, 1.54) is 24.2 Å². The Kier molecular flexibility index (Phi) is 2.94. The van der Waals surface area contributed by atoms with Crippen LogP contribution in [0.4, 0.5) is 0 Å². The molecule has 3 heterocycles. The summed E-state index contributed by atoms with van der Waals surface area (Å²) in [6.45, 7) is 4.17. The topological polar surface area (TPSA) is 44.8 Å². The Hall–Kier alpha value is -1.20. The van der Waals surface area contributed by atoms with Crippen LogP contribution in [0.3, 0.4) is 0 Å². The van der Waals surface area contributed by atoms with Gasteiger partial charge in [0.2, 0.25) is 0 Å². The Bertz CT molecular complexity index is 476. The van der Waals surface area contributed by atoms with Gasteiger partial charge in [-0.25, -0.2) is 4.98 Å². The van der Waals surface area contributed by atoms with Gasteiger partial charge in [-0.15, -0.1) is 11.3 Å². The second kappa shape index (κ2) is 4.58. The van der Waals surface area contributed by atoms with E-state index < -0.39 is 0 Å². The van der Waals surface area contributed by atoms with E-state index in [9.17, 15) is 0 Å². The van der Waals surface area contributed by atoms with Crippen molar-refractivity contribution in [1.29, 1.82) is 0 Å². The number of aryl methyl sites for hydroxylation is 1. The fourth-order valence-corrected chi connectivity index (χ4v) is 3.11. The Morgan fingerprint density at radius 2 is 2.53 bits per heavy atom. The zero-order valence-electron chi connectivity index (χ0n) is 9.89. The first kappa shape index (κ1) is 10.9. The van der Waals surface area contributed by atoms with Crippen LogP contribution in [-0.2, 0) is 6.54 Å². The molecule has 2 aromatic rings. The van der Waals surface area contributed by atoms with Crippen molar-refractivity contribution < 1.29 is 0 Å². The predicted octanol–water partition coefficient (Wildman–Crippen LogP) is 2.51. The van der Waals surface area contributed by atoms with Gasteiger partial charge in [0.1, 0.15) is 0 Å². The van der Waals surface area contributed by atoms with E-state index in [-0.39, 0.29) is 0 Å². The molecule has 1 N–H and O–H groups in total. The number of thiazole rings is 1. The van der Waals surface area contributed by atoms with Gasteiger partial charge in [0.15, 0.2) is 0 Å². The van der Waals surface area contributed by atoms with Crippen LogP contribution < -0.4 is 0 Å². The lowest BCUT2D eigenvalue weighted by molar-refractivity contribution is 0.242. The molecular weight excluding hydrogens is 232 g/mol. The van der Waals surface area contributed by atoms with Crippen molar-refractivity contribution in [2.75, 3.05) is 6.54 Å². The van der Waals surface area contributed by atoms with E-state index in [0.29, 0.717) is 6.04 Å². The normalized spacial score (nSPS) is 21.1. The van der Waals surface area contributed by atoms with Gasteiger partial charge in [-0.05, 0) is 32.4 Å². The number of aromatic nitrogens is 3. The highest BCUT2D eigenvalue weighted by Gasteiger charge is 2.27. The molecule has 1 fully saturated rings. The number of H-pyrrole nitrogens is 1. The molecule has 0 spiro atoms. The first-order valence-corrected chi connectivity index (χ1v) is 6.85. The van der Waals surface area contributed by atoms with Crippen molar-refractivity contribution in [3.8, 4) is 0 Å².